The molecular formula is C20H12ClF3N2. The molecule has 0 radical (unpaired) electrons. The fourth-order valence-electron chi connectivity index (χ4n) is 2.85. The highest BCUT2D eigenvalue weighted by Gasteiger charge is 2.35. The summed E-state index contributed by atoms with van der Waals surface area (Å²) in [7, 11) is 0. The van der Waals surface area contributed by atoms with Crippen LogP contribution in [0.1, 0.15) is 5.69 Å². The van der Waals surface area contributed by atoms with Crippen LogP contribution in [0.5, 0.6) is 0 Å². The molecule has 26 heavy (non-hydrogen) atoms. The van der Waals surface area contributed by atoms with Gasteiger partial charge in [-0.1, -0.05) is 48.0 Å². The summed E-state index contributed by atoms with van der Waals surface area (Å²) in [4.78, 5) is 0. The molecular weight excluding hydrogens is 361 g/mol. The lowest BCUT2D eigenvalue weighted by atomic mass is 10.0. The van der Waals surface area contributed by atoms with E-state index in [-0.39, 0.29) is 0 Å². The van der Waals surface area contributed by atoms with Gasteiger partial charge in [0.05, 0.1) is 11.4 Å². The summed E-state index contributed by atoms with van der Waals surface area (Å²) in [5.41, 5.74) is 0.593. The number of halogens is 4. The van der Waals surface area contributed by atoms with E-state index >= 15 is 0 Å². The first-order chi connectivity index (χ1) is 12.4. The van der Waals surface area contributed by atoms with Gasteiger partial charge >= 0.3 is 6.18 Å². The smallest absolute Gasteiger partial charge is 0.233 e. The van der Waals surface area contributed by atoms with E-state index in [4.69, 9.17) is 11.6 Å². The average molecular weight is 373 g/mol. The quantitative estimate of drug-likeness (QED) is 0.400. The Kier molecular flexibility index (Phi) is 3.96. The maximum atomic E-state index is 13.2. The molecule has 0 spiro atoms. The molecule has 1 heterocycles. The lowest BCUT2D eigenvalue weighted by Crippen LogP contribution is -2.07. The number of hydrogen-bond donors (Lipinski definition) is 0. The summed E-state index contributed by atoms with van der Waals surface area (Å²) in [5.74, 6) is 0. The van der Waals surface area contributed by atoms with Crippen LogP contribution in [0, 0.1) is 0 Å². The molecule has 0 saturated carbocycles. The van der Waals surface area contributed by atoms with E-state index < -0.39 is 11.9 Å². The Morgan fingerprint density at radius 1 is 0.808 bits per heavy atom. The molecule has 0 aliphatic rings. The predicted molar refractivity (Wildman–Crippen MR) is 96.5 cm³/mol. The van der Waals surface area contributed by atoms with Gasteiger partial charge in [0.2, 0.25) is 0 Å². The van der Waals surface area contributed by atoms with Crippen LogP contribution in [0.15, 0.2) is 72.8 Å². The second kappa shape index (κ2) is 6.18. The standard InChI is InChI=1S/C20H12ClF3N2/c21-16-7-9-17(10-8-16)26-18(12-19(25-26)20(22,23)24)15-6-5-13-3-1-2-4-14(13)11-15/h1-12H. The molecule has 0 aliphatic heterocycles. The van der Waals surface area contributed by atoms with Gasteiger partial charge in [0, 0.05) is 10.6 Å². The number of alkyl halides is 3. The molecule has 0 fully saturated rings. The number of benzene rings is 3. The number of hydrogen-bond acceptors (Lipinski definition) is 1. The molecule has 0 unspecified atom stereocenters. The summed E-state index contributed by atoms with van der Waals surface area (Å²) < 4.78 is 41.0. The third-order valence-electron chi connectivity index (χ3n) is 4.12. The Hall–Kier alpha value is -2.79. The zero-order valence-corrected chi connectivity index (χ0v) is 14.1. The molecule has 0 atom stereocenters. The molecule has 0 bridgehead atoms. The summed E-state index contributed by atoms with van der Waals surface area (Å²) in [5, 5.41) is 6.26. The molecule has 0 N–H and O–H groups in total. The zero-order chi connectivity index (χ0) is 18.3. The summed E-state index contributed by atoms with van der Waals surface area (Å²) in [6.07, 6.45) is -4.52. The van der Waals surface area contributed by atoms with E-state index in [9.17, 15) is 13.2 Å². The predicted octanol–water partition coefficient (Wildman–Crippen LogP) is 6.36. The van der Waals surface area contributed by atoms with Crippen LogP contribution in [0.2, 0.25) is 5.02 Å². The van der Waals surface area contributed by atoms with Crippen molar-refractivity contribution < 1.29 is 13.2 Å². The van der Waals surface area contributed by atoms with E-state index in [1.165, 1.54) is 4.68 Å². The minimum Gasteiger partial charge on any atom is -0.233 e. The molecule has 6 heteroatoms. The maximum absolute atomic E-state index is 13.2. The van der Waals surface area contributed by atoms with Gasteiger partial charge in [-0.25, -0.2) is 4.68 Å². The van der Waals surface area contributed by atoms with Crippen molar-refractivity contribution in [2.24, 2.45) is 0 Å². The van der Waals surface area contributed by atoms with E-state index in [1.807, 2.05) is 36.4 Å². The molecule has 1 aromatic heterocycles. The van der Waals surface area contributed by atoms with Gasteiger partial charge in [0.25, 0.3) is 0 Å². The molecule has 3 aromatic carbocycles. The monoisotopic (exact) mass is 372 g/mol. The molecule has 0 saturated heterocycles. The van der Waals surface area contributed by atoms with Gasteiger partial charge in [-0.3, -0.25) is 0 Å². The van der Waals surface area contributed by atoms with Crippen LogP contribution in [-0.4, -0.2) is 9.78 Å². The first-order valence-corrected chi connectivity index (χ1v) is 8.22. The fraction of sp³-hybridized carbons (Fsp3) is 0.0500. The minimum absolute atomic E-state index is 0.366. The SMILES string of the molecule is FC(F)(F)c1cc(-c2ccc3ccccc3c2)n(-c2ccc(Cl)cc2)n1. The summed E-state index contributed by atoms with van der Waals surface area (Å²) >= 11 is 5.89. The highest BCUT2D eigenvalue weighted by Crippen LogP contribution is 2.34. The topological polar surface area (TPSA) is 17.8 Å². The number of fused-ring (bicyclic) bond motifs is 1. The van der Waals surface area contributed by atoms with Gasteiger partial charge in [-0.05, 0) is 47.2 Å². The summed E-state index contributed by atoms with van der Waals surface area (Å²) in [6, 6.07) is 20.8. The highest BCUT2D eigenvalue weighted by molar-refractivity contribution is 6.30. The fourth-order valence-corrected chi connectivity index (χ4v) is 2.98. The molecule has 0 amide bonds. The molecule has 130 valence electrons. The number of aromatic nitrogens is 2. The minimum atomic E-state index is -4.52. The number of nitrogens with zero attached hydrogens (tertiary/aromatic N) is 2. The zero-order valence-electron chi connectivity index (χ0n) is 13.3. The van der Waals surface area contributed by atoms with Crippen molar-refractivity contribution in [2.75, 3.05) is 0 Å². The van der Waals surface area contributed by atoms with Gasteiger partial charge in [0.1, 0.15) is 0 Å². The van der Waals surface area contributed by atoms with Gasteiger partial charge in [-0.15, -0.1) is 0 Å². The Morgan fingerprint density at radius 3 is 2.19 bits per heavy atom. The largest absolute Gasteiger partial charge is 0.435 e. The Labute approximate surface area is 152 Å². The van der Waals surface area contributed by atoms with Crippen molar-refractivity contribution in [2.45, 2.75) is 6.18 Å². The van der Waals surface area contributed by atoms with Crippen molar-refractivity contribution in [1.29, 1.82) is 0 Å². The highest BCUT2D eigenvalue weighted by atomic mass is 35.5. The molecule has 2 nitrogen and oxygen atoms in total. The van der Waals surface area contributed by atoms with Crippen LogP contribution in [0.4, 0.5) is 13.2 Å². The Morgan fingerprint density at radius 2 is 1.50 bits per heavy atom. The molecule has 0 aliphatic carbocycles. The number of rotatable bonds is 2. The lowest BCUT2D eigenvalue weighted by Gasteiger charge is -2.09. The van der Waals surface area contributed by atoms with Crippen LogP contribution in [0.3, 0.4) is 0 Å². The normalized spacial score (nSPS) is 11.8. The second-order valence-electron chi connectivity index (χ2n) is 5.86. The van der Waals surface area contributed by atoms with Crippen molar-refractivity contribution in [1.82, 2.24) is 9.78 Å². The maximum Gasteiger partial charge on any atom is 0.435 e. The van der Waals surface area contributed by atoms with Gasteiger partial charge in [0.15, 0.2) is 5.69 Å². The first-order valence-electron chi connectivity index (χ1n) is 7.84. The second-order valence-corrected chi connectivity index (χ2v) is 6.30. The van der Waals surface area contributed by atoms with Crippen LogP contribution in [-0.2, 0) is 6.18 Å². The average Bonchev–Trinajstić information content (AvgIpc) is 3.08. The van der Waals surface area contributed by atoms with Crippen molar-refractivity contribution in [3.05, 3.63) is 83.5 Å². The van der Waals surface area contributed by atoms with E-state index in [1.54, 1.807) is 30.3 Å². The van der Waals surface area contributed by atoms with Crippen LogP contribution in [0.25, 0.3) is 27.7 Å². The van der Waals surface area contributed by atoms with Crippen molar-refractivity contribution in [3.8, 4) is 16.9 Å². The Bertz CT molecular complexity index is 1080. The van der Waals surface area contributed by atoms with E-state index in [0.717, 1.165) is 16.8 Å². The van der Waals surface area contributed by atoms with Gasteiger partial charge in [-0.2, -0.15) is 18.3 Å². The third kappa shape index (κ3) is 3.06. The van der Waals surface area contributed by atoms with Gasteiger partial charge < -0.3 is 0 Å². The van der Waals surface area contributed by atoms with Crippen molar-refractivity contribution >= 4 is 22.4 Å². The van der Waals surface area contributed by atoms with Crippen molar-refractivity contribution in [3.63, 3.8) is 0 Å². The van der Waals surface area contributed by atoms with Crippen LogP contribution < -0.4 is 0 Å². The van der Waals surface area contributed by atoms with Crippen LogP contribution >= 0.6 is 11.6 Å². The Balaban J connectivity index is 1.93. The molecule has 4 aromatic rings. The molecule has 4 rings (SSSR count). The van der Waals surface area contributed by atoms with E-state index in [2.05, 4.69) is 5.10 Å². The lowest BCUT2D eigenvalue weighted by molar-refractivity contribution is -0.141. The third-order valence-corrected chi connectivity index (χ3v) is 4.37. The summed E-state index contributed by atoms with van der Waals surface area (Å²) in [6.45, 7) is 0. The van der Waals surface area contributed by atoms with E-state index in [0.29, 0.717) is 22.0 Å². The first kappa shape index (κ1) is 16.7.